The topological polar surface area (TPSA) is 69.8 Å². The highest BCUT2D eigenvalue weighted by atomic mass is 127. The zero-order valence-corrected chi connectivity index (χ0v) is 17.5. The molecule has 2 aromatic carbocycles. The number of fused-ring (bicyclic) bond motifs is 1. The summed E-state index contributed by atoms with van der Waals surface area (Å²) >= 11 is 2.16. The number of halogens is 1. The van der Waals surface area contributed by atoms with E-state index in [9.17, 15) is 9.59 Å². The monoisotopic (exact) mass is 484 g/mol. The number of benzene rings is 2. The molecule has 4 rings (SSSR count). The molecule has 0 spiro atoms. The van der Waals surface area contributed by atoms with E-state index in [-0.39, 0.29) is 18.0 Å². The maximum Gasteiger partial charge on any atom is 0.267 e. The molecule has 6 nitrogen and oxygen atoms in total. The van der Waals surface area contributed by atoms with Crippen molar-refractivity contribution in [1.29, 1.82) is 0 Å². The van der Waals surface area contributed by atoms with Gasteiger partial charge in [0, 0.05) is 14.8 Å². The van der Waals surface area contributed by atoms with Crippen LogP contribution in [0.2, 0.25) is 0 Å². The molecule has 2 heterocycles. The number of aromatic nitrogens is 4. The highest BCUT2D eigenvalue weighted by molar-refractivity contribution is 14.1. The summed E-state index contributed by atoms with van der Waals surface area (Å²) in [4.78, 5) is 30.9. The van der Waals surface area contributed by atoms with Crippen molar-refractivity contribution in [2.24, 2.45) is 0 Å². The van der Waals surface area contributed by atoms with Gasteiger partial charge >= 0.3 is 0 Å². The van der Waals surface area contributed by atoms with Crippen LogP contribution in [-0.2, 0) is 6.54 Å². The normalized spacial score (nSPS) is 11.1. The molecule has 140 valence electrons. The lowest BCUT2D eigenvalue weighted by Crippen LogP contribution is -2.30. The summed E-state index contributed by atoms with van der Waals surface area (Å²) in [6.07, 6.45) is 0. The maximum absolute atomic E-state index is 13.3. The van der Waals surface area contributed by atoms with Crippen LogP contribution in [0.5, 0.6) is 0 Å². The van der Waals surface area contributed by atoms with Gasteiger partial charge in [0.15, 0.2) is 0 Å². The number of carbonyl (C=O) groups excluding carboxylic acids is 1. The smallest absolute Gasteiger partial charge is 0.267 e. The summed E-state index contributed by atoms with van der Waals surface area (Å²) in [6.45, 7) is 3.51. The van der Waals surface area contributed by atoms with Crippen molar-refractivity contribution in [3.63, 3.8) is 0 Å². The van der Waals surface area contributed by atoms with Gasteiger partial charge in [0.2, 0.25) is 0 Å². The Labute approximate surface area is 175 Å². The molecule has 4 aromatic rings. The second-order valence-corrected chi connectivity index (χ2v) is 7.83. The Bertz CT molecular complexity index is 1260. The van der Waals surface area contributed by atoms with Crippen molar-refractivity contribution in [3.05, 3.63) is 79.9 Å². The molecule has 0 aliphatic carbocycles. The minimum Gasteiger partial charge on any atom is -0.282 e. The van der Waals surface area contributed by atoms with Crippen LogP contribution < -0.4 is 5.56 Å². The van der Waals surface area contributed by atoms with E-state index in [1.165, 1.54) is 9.25 Å². The largest absolute Gasteiger partial charge is 0.282 e. The second kappa shape index (κ2) is 7.31. The first-order valence-electron chi connectivity index (χ1n) is 8.76. The number of rotatable bonds is 3. The first-order chi connectivity index (χ1) is 13.4. The van der Waals surface area contributed by atoms with E-state index < -0.39 is 0 Å². The van der Waals surface area contributed by atoms with E-state index in [1.54, 1.807) is 6.07 Å². The van der Waals surface area contributed by atoms with Crippen molar-refractivity contribution in [2.45, 2.75) is 20.4 Å². The standard InChI is InChI=1S/C21H17IN4O2/c1-13-10-14(2)26(24-13)19(27)12-25-20(15-6-4-3-5-7-15)23-18-9-8-16(22)11-17(18)21(25)28/h3-11H,12H2,1-2H3. The second-order valence-electron chi connectivity index (χ2n) is 6.59. The van der Waals surface area contributed by atoms with Gasteiger partial charge in [-0.2, -0.15) is 5.10 Å². The van der Waals surface area contributed by atoms with Crippen LogP contribution in [0.3, 0.4) is 0 Å². The van der Waals surface area contributed by atoms with Crippen molar-refractivity contribution in [1.82, 2.24) is 19.3 Å². The number of hydrogen-bond donors (Lipinski definition) is 0. The Morgan fingerprint density at radius 1 is 1.07 bits per heavy atom. The van der Waals surface area contributed by atoms with Crippen LogP contribution in [0.1, 0.15) is 16.2 Å². The molecule has 0 atom stereocenters. The van der Waals surface area contributed by atoms with Crippen molar-refractivity contribution >= 4 is 39.4 Å². The molecular weight excluding hydrogens is 467 g/mol. The molecule has 0 amide bonds. The van der Waals surface area contributed by atoms with Crippen molar-refractivity contribution in [3.8, 4) is 11.4 Å². The Balaban J connectivity index is 1.92. The highest BCUT2D eigenvalue weighted by Crippen LogP contribution is 2.20. The van der Waals surface area contributed by atoms with Crippen LogP contribution >= 0.6 is 22.6 Å². The average molecular weight is 484 g/mol. The molecule has 0 aliphatic heterocycles. The van der Waals surface area contributed by atoms with Crippen molar-refractivity contribution in [2.75, 3.05) is 0 Å². The zero-order chi connectivity index (χ0) is 19.8. The molecule has 0 radical (unpaired) electrons. The Kier molecular flexibility index (Phi) is 4.84. The Morgan fingerprint density at radius 3 is 2.50 bits per heavy atom. The molecule has 7 heteroatoms. The van der Waals surface area contributed by atoms with Crippen molar-refractivity contribution < 1.29 is 4.79 Å². The molecule has 28 heavy (non-hydrogen) atoms. The molecule has 0 saturated heterocycles. The lowest BCUT2D eigenvalue weighted by molar-refractivity contribution is 0.0871. The third kappa shape index (κ3) is 3.37. The highest BCUT2D eigenvalue weighted by Gasteiger charge is 2.18. The number of aryl methyl sites for hydroxylation is 2. The third-order valence-electron chi connectivity index (χ3n) is 4.49. The van der Waals surface area contributed by atoms with Gasteiger partial charge < -0.3 is 0 Å². The fraction of sp³-hybridized carbons (Fsp3) is 0.143. The number of carbonyl (C=O) groups is 1. The van der Waals surface area contributed by atoms with Gasteiger partial charge in [0.1, 0.15) is 12.4 Å². The predicted molar refractivity (Wildman–Crippen MR) is 116 cm³/mol. The fourth-order valence-electron chi connectivity index (χ4n) is 3.23. The van der Waals surface area contributed by atoms with Gasteiger partial charge in [-0.15, -0.1) is 0 Å². The molecule has 0 saturated carbocycles. The van der Waals surface area contributed by atoms with Crippen LogP contribution in [0.25, 0.3) is 22.3 Å². The van der Waals surface area contributed by atoms with Gasteiger partial charge in [0.05, 0.1) is 16.6 Å². The van der Waals surface area contributed by atoms with Gasteiger partial charge in [-0.05, 0) is 60.7 Å². The van der Waals surface area contributed by atoms with Gasteiger partial charge in [-0.25, -0.2) is 9.67 Å². The minimum absolute atomic E-state index is 0.139. The van der Waals surface area contributed by atoms with Crippen LogP contribution in [0, 0.1) is 17.4 Å². The predicted octanol–water partition coefficient (Wildman–Crippen LogP) is 3.82. The molecule has 0 unspecified atom stereocenters. The maximum atomic E-state index is 13.3. The molecule has 0 bridgehead atoms. The van der Waals surface area contributed by atoms with Gasteiger partial charge in [-0.1, -0.05) is 30.3 Å². The van der Waals surface area contributed by atoms with Gasteiger partial charge in [0.25, 0.3) is 11.5 Å². The van der Waals surface area contributed by atoms with E-state index >= 15 is 0 Å². The number of nitrogens with zero attached hydrogens (tertiary/aromatic N) is 4. The lowest BCUT2D eigenvalue weighted by atomic mass is 10.2. The minimum atomic E-state index is -0.281. The van der Waals surface area contributed by atoms with E-state index in [1.807, 2.05) is 62.4 Å². The molecular formula is C21H17IN4O2. The van der Waals surface area contributed by atoms with Crippen LogP contribution in [-0.4, -0.2) is 25.2 Å². The average Bonchev–Trinajstić information content (AvgIpc) is 3.03. The quantitative estimate of drug-likeness (QED) is 0.415. The Hall–Kier alpha value is -2.81. The molecule has 2 aromatic heterocycles. The molecule has 0 N–H and O–H groups in total. The summed E-state index contributed by atoms with van der Waals surface area (Å²) < 4.78 is 3.72. The van der Waals surface area contributed by atoms with Crippen LogP contribution in [0.15, 0.2) is 59.4 Å². The Morgan fingerprint density at radius 2 is 1.82 bits per heavy atom. The fourth-order valence-corrected chi connectivity index (χ4v) is 3.72. The third-order valence-corrected chi connectivity index (χ3v) is 5.16. The van der Waals surface area contributed by atoms with E-state index in [0.29, 0.717) is 16.7 Å². The summed E-state index contributed by atoms with van der Waals surface area (Å²) in [6, 6.07) is 16.8. The molecule has 0 aliphatic rings. The summed E-state index contributed by atoms with van der Waals surface area (Å²) in [5, 5.41) is 4.74. The first-order valence-corrected chi connectivity index (χ1v) is 9.84. The lowest BCUT2D eigenvalue weighted by Gasteiger charge is -2.14. The molecule has 0 fully saturated rings. The zero-order valence-electron chi connectivity index (χ0n) is 15.4. The van der Waals surface area contributed by atoms with E-state index in [2.05, 4.69) is 27.7 Å². The van der Waals surface area contributed by atoms with E-state index in [4.69, 9.17) is 4.98 Å². The first kappa shape index (κ1) is 18.5. The van der Waals surface area contributed by atoms with Gasteiger partial charge in [-0.3, -0.25) is 14.2 Å². The summed E-state index contributed by atoms with van der Waals surface area (Å²) in [5.74, 6) is 0.186. The van der Waals surface area contributed by atoms with Crippen LogP contribution in [0.4, 0.5) is 0 Å². The summed E-state index contributed by atoms with van der Waals surface area (Å²) in [7, 11) is 0. The summed E-state index contributed by atoms with van der Waals surface area (Å²) in [5.41, 5.74) is 2.64. The number of hydrogen-bond acceptors (Lipinski definition) is 4. The SMILES string of the molecule is Cc1cc(C)n(C(=O)Cn2c(-c3ccccc3)nc3ccc(I)cc3c2=O)n1. The van der Waals surface area contributed by atoms with E-state index in [0.717, 1.165) is 20.5 Å².